The number of rotatable bonds is 7. The Kier molecular flexibility index (Phi) is 6.33. The first kappa shape index (κ1) is 13.7. The van der Waals surface area contributed by atoms with Crippen molar-refractivity contribution in [1.82, 2.24) is 0 Å². The molecule has 0 saturated carbocycles. The quantitative estimate of drug-likeness (QED) is 0.539. The van der Waals surface area contributed by atoms with Crippen molar-refractivity contribution < 1.29 is 14.3 Å². The second-order valence-corrected chi connectivity index (χ2v) is 4.30. The molecule has 0 unspecified atom stereocenters. The Hall–Kier alpha value is -1.35. The molecule has 0 amide bonds. The number of carbonyl (C=O) groups excluding carboxylic acids is 1. The van der Waals surface area contributed by atoms with Gasteiger partial charge in [-0.15, -0.1) is 0 Å². The fourth-order valence-corrected chi connectivity index (χ4v) is 1.27. The molecule has 0 bridgehead atoms. The van der Waals surface area contributed by atoms with Crippen LogP contribution >= 0.6 is 0 Å². The van der Waals surface area contributed by atoms with E-state index in [2.05, 4.69) is 13.8 Å². The Morgan fingerprint density at radius 1 is 1.12 bits per heavy atom. The lowest BCUT2D eigenvalue weighted by Gasteiger charge is -2.07. The topological polar surface area (TPSA) is 35.5 Å². The van der Waals surface area contributed by atoms with Crippen LogP contribution < -0.4 is 0 Å². The lowest BCUT2D eigenvalue weighted by molar-refractivity contribution is 0.0303. The molecule has 1 rings (SSSR count). The molecule has 3 nitrogen and oxygen atoms in total. The molecular weight excluding hydrogens is 216 g/mol. The van der Waals surface area contributed by atoms with E-state index in [-0.39, 0.29) is 5.97 Å². The minimum absolute atomic E-state index is 0.293. The van der Waals surface area contributed by atoms with Gasteiger partial charge in [0.1, 0.15) is 6.61 Å². The monoisotopic (exact) mass is 236 g/mol. The van der Waals surface area contributed by atoms with Gasteiger partial charge in [-0.25, -0.2) is 4.79 Å². The molecule has 0 aliphatic rings. The van der Waals surface area contributed by atoms with Crippen LogP contribution in [0.25, 0.3) is 0 Å². The maximum Gasteiger partial charge on any atom is 0.338 e. The van der Waals surface area contributed by atoms with E-state index in [9.17, 15) is 4.79 Å². The zero-order chi connectivity index (χ0) is 12.5. The minimum atomic E-state index is -0.293. The van der Waals surface area contributed by atoms with E-state index in [0.717, 1.165) is 13.0 Å². The maximum absolute atomic E-state index is 11.5. The van der Waals surface area contributed by atoms with Crippen LogP contribution in [0.4, 0.5) is 0 Å². The molecule has 0 spiro atoms. The van der Waals surface area contributed by atoms with Gasteiger partial charge < -0.3 is 9.47 Å². The van der Waals surface area contributed by atoms with Gasteiger partial charge in [-0.3, -0.25) is 0 Å². The summed E-state index contributed by atoms with van der Waals surface area (Å²) in [6.07, 6.45) is 1.03. The number of ether oxygens (including phenoxy) is 2. The summed E-state index contributed by atoms with van der Waals surface area (Å²) in [7, 11) is 0. The summed E-state index contributed by atoms with van der Waals surface area (Å²) >= 11 is 0. The van der Waals surface area contributed by atoms with Crippen molar-refractivity contribution in [2.75, 3.05) is 19.8 Å². The van der Waals surface area contributed by atoms with E-state index in [1.165, 1.54) is 0 Å². The summed E-state index contributed by atoms with van der Waals surface area (Å²) in [6, 6.07) is 8.97. The SMILES string of the molecule is CC(C)CCOCCOC(=O)c1ccccc1. The van der Waals surface area contributed by atoms with Gasteiger partial charge in [-0.2, -0.15) is 0 Å². The van der Waals surface area contributed by atoms with Crippen molar-refractivity contribution in [3.63, 3.8) is 0 Å². The summed E-state index contributed by atoms with van der Waals surface area (Å²) in [5, 5.41) is 0. The number of benzene rings is 1. The average molecular weight is 236 g/mol. The normalized spacial score (nSPS) is 10.5. The van der Waals surface area contributed by atoms with Gasteiger partial charge in [0, 0.05) is 6.61 Å². The summed E-state index contributed by atoms with van der Waals surface area (Å²) < 4.78 is 10.4. The molecule has 0 atom stereocenters. The van der Waals surface area contributed by atoms with E-state index in [1.807, 2.05) is 18.2 Å². The molecule has 0 radical (unpaired) electrons. The van der Waals surface area contributed by atoms with Gasteiger partial charge in [0.2, 0.25) is 0 Å². The third-order valence-electron chi connectivity index (χ3n) is 2.31. The van der Waals surface area contributed by atoms with Crippen molar-refractivity contribution in [2.45, 2.75) is 20.3 Å². The third kappa shape index (κ3) is 6.07. The van der Waals surface area contributed by atoms with Crippen molar-refractivity contribution in [3.05, 3.63) is 35.9 Å². The second-order valence-electron chi connectivity index (χ2n) is 4.30. The minimum Gasteiger partial charge on any atom is -0.460 e. The summed E-state index contributed by atoms with van der Waals surface area (Å²) in [5.41, 5.74) is 0.578. The van der Waals surface area contributed by atoms with Crippen molar-refractivity contribution in [2.24, 2.45) is 5.92 Å². The average Bonchev–Trinajstić information content (AvgIpc) is 2.34. The Labute approximate surface area is 103 Å². The van der Waals surface area contributed by atoms with Crippen LogP contribution in [0.15, 0.2) is 30.3 Å². The number of esters is 1. The van der Waals surface area contributed by atoms with Crippen LogP contribution in [-0.4, -0.2) is 25.8 Å². The highest BCUT2D eigenvalue weighted by atomic mass is 16.6. The Morgan fingerprint density at radius 2 is 1.82 bits per heavy atom. The first-order valence-electron chi connectivity index (χ1n) is 6.00. The highest BCUT2D eigenvalue weighted by Gasteiger charge is 2.04. The van der Waals surface area contributed by atoms with Gasteiger partial charge in [-0.1, -0.05) is 32.0 Å². The van der Waals surface area contributed by atoms with Crippen LogP contribution in [0.3, 0.4) is 0 Å². The predicted molar refractivity (Wildman–Crippen MR) is 67.0 cm³/mol. The molecule has 0 heterocycles. The van der Waals surface area contributed by atoms with Crippen LogP contribution in [-0.2, 0) is 9.47 Å². The fourth-order valence-electron chi connectivity index (χ4n) is 1.27. The first-order chi connectivity index (χ1) is 8.20. The Morgan fingerprint density at radius 3 is 2.47 bits per heavy atom. The van der Waals surface area contributed by atoms with E-state index < -0.39 is 0 Å². The molecular formula is C14H20O3. The highest BCUT2D eigenvalue weighted by molar-refractivity contribution is 5.89. The molecule has 0 saturated heterocycles. The zero-order valence-electron chi connectivity index (χ0n) is 10.5. The van der Waals surface area contributed by atoms with Gasteiger partial charge in [0.15, 0.2) is 0 Å². The second kappa shape index (κ2) is 7.85. The molecule has 1 aromatic carbocycles. The molecule has 17 heavy (non-hydrogen) atoms. The largest absolute Gasteiger partial charge is 0.460 e. The van der Waals surface area contributed by atoms with Crippen LogP contribution in [0.5, 0.6) is 0 Å². The molecule has 0 aliphatic heterocycles. The van der Waals surface area contributed by atoms with E-state index in [0.29, 0.717) is 24.7 Å². The smallest absolute Gasteiger partial charge is 0.338 e. The molecule has 0 aromatic heterocycles. The van der Waals surface area contributed by atoms with Crippen LogP contribution in [0, 0.1) is 5.92 Å². The van der Waals surface area contributed by atoms with Gasteiger partial charge in [0.25, 0.3) is 0 Å². The summed E-state index contributed by atoms with van der Waals surface area (Å²) in [6.45, 7) is 5.80. The summed E-state index contributed by atoms with van der Waals surface area (Å²) in [5.74, 6) is 0.347. The van der Waals surface area contributed by atoms with Gasteiger partial charge in [-0.05, 0) is 24.5 Å². The van der Waals surface area contributed by atoms with Crippen molar-refractivity contribution >= 4 is 5.97 Å². The lowest BCUT2D eigenvalue weighted by atomic mass is 10.1. The highest BCUT2D eigenvalue weighted by Crippen LogP contribution is 2.01. The molecule has 0 fully saturated rings. The predicted octanol–water partition coefficient (Wildman–Crippen LogP) is 2.91. The number of carbonyl (C=O) groups is 1. The lowest BCUT2D eigenvalue weighted by Crippen LogP contribution is -2.11. The number of hydrogen-bond donors (Lipinski definition) is 0. The van der Waals surface area contributed by atoms with Crippen molar-refractivity contribution in [1.29, 1.82) is 0 Å². The summed E-state index contributed by atoms with van der Waals surface area (Å²) in [4.78, 5) is 11.5. The van der Waals surface area contributed by atoms with E-state index in [1.54, 1.807) is 12.1 Å². The first-order valence-corrected chi connectivity index (χ1v) is 6.00. The molecule has 0 aliphatic carbocycles. The zero-order valence-corrected chi connectivity index (χ0v) is 10.5. The van der Waals surface area contributed by atoms with Crippen LogP contribution in [0.2, 0.25) is 0 Å². The van der Waals surface area contributed by atoms with Gasteiger partial charge in [0.05, 0.1) is 12.2 Å². The number of hydrogen-bond acceptors (Lipinski definition) is 3. The van der Waals surface area contributed by atoms with Crippen molar-refractivity contribution in [3.8, 4) is 0 Å². The third-order valence-corrected chi connectivity index (χ3v) is 2.31. The van der Waals surface area contributed by atoms with Gasteiger partial charge >= 0.3 is 5.97 Å². The molecule has 94 valence electrons. The molecule has 3 heteroatoms. The Balaban J connectivity index is 2.09. The van der Waals surface area contributed by atoms with E-state index >= 15 is 0 Å². The standard InChI is InChI=1S/C14H20O3/c1-12(2)8-9-16-10-11-17-14(15)13-6-4-3-5-7-13/h3-7,12H,8-11H2,1-2H3. The van der Waals surface area contributed by atoms with E-state index in [4.69, 9.17) is 9.47 Å². The fraction of sp³-hybridized carbons (Fsp3) is 0.500. The maximum atomic E-state index is 11.5. The van der Waals surface area contributed by atoms with Crippen LogP contribution in [0.1, 0.15) is 30.6 Å². The molecule has 1 aromatic rings. The Bertz CT molecular complexity index is 319. The molecule has 0 N–H and O–H groups in total.